The van der Waals surface area contributed by atoms with Gasteiger partial charge < -0.3 is 14.2 Å². The molecule has 0 unspecified atom stereocenters. The number of esters is 2. The quantitative estimate of drug-likeness (QED) is 0.208. The SMILES string of the molecule is CCC[C@H]1O[C@@H]1/C=C/C(=O)O[C@H]1C[C@@H]2[C@@H](/C=C(\C)C(=O)[C@@]3(OC(C)=O)C[C@@H](C)C[C@@H]3/C=C/1C)C2(C)C. The molecule has 6 heteroatoms. The molecule has 4 rings (SSSR count). The molecule has 0 radical (unpaired) electrons. The van der Waals surface area contributed by atoms with E-state index in [2.05, 4.69) is 33.8 Å². The highest BCUT2D eigenvalue weighted by Gasteiger charge is 2.59. The van der Waals surface area contributed by atoms with Crippen molar-refractivity contribution >= 4 is 17.7 Å². The van der Waals surface area contributed by atoms with Crippen LogP contribution in [0.25, 0.3) is 0 Å². The first kappa shape index (κ1) is 26.8. The van der Waals surface area contributed by atoms with Crippen LogP contribution in [-0.4, -0.2) is 41.6 Å². The van der Waals surface area contributed by atoms with Crippen LogP contribution in [-0.2, 0) is 28.6 Å². The molecule has 0 aromatic carbocycles. The first-order valence-corrected chi connectivity index (χ1v) is 13.5. The molecule has 3 fully saturated rings. The zero-order chi connectivity index (χ0) is 26.4. The fourth-order valence-corrected chi connectivity index (χ4v) is 6.68. The van der Waals surface area contributed by atoms with Crippen molar-refractivity contribution in [2.45, 2.75) is 104 Å². The van der Waals surface area contributed by atoms with E-state index in [-0.39, 0.29) is 53.0 Å². The number of fused-ring (bicyclic) bond motifs is 2. The van der Waals surface area contributed by atoms with Crippen molar-refractivity contribution in [3.05, 3.63) is 35.5 Å². The predicted molar refractivity (Wildman–Crippen MR) is 137 cm³/mol. The molecule has 1 heterocycles. The highest BCUT2D eigenvalue weighted by molar-refractivity contribution is 6.03. The molecule has 0 aromatic rings. The molecule has 198 valence electrons. The Bertz CT molecular complexity index is 1000. The molecule has 0 N–H and O–H groups in total. The second kappa shape index (κ2) is 9.92. The lowest BCUT2D eigenvalue weighted by Gasteiger charge is -2.33. The van der Waals surface area contributed by atoms with Gasteiger partial charge >= 0.3 is 11.9 Å². The van der Waals surface area contributed by atoms with Crippen LogP contribution in [0.3, 0.4) is 0 Å². The topological polar surface area (TPSA) is 82.2 Å². The van der Waals surface area contributed by atoms with Gasteiger partial charge in [0.05, 0.1) is 6.10 Å². The van der Waals surface area contributed by atoms with Crippen LogP contribution in [0, 0.1) is 29.1 Å². The molecule has 1 aliphatic heterocycles. The number of carbonyl (C=O) groups is 3. The summed E-state index contributed by atoms with van der Waals surface area (Å²) in [5, 5.41) is 0. The monoisotopic (exact) mass is 498 g/mol. The maximum atomic E-state index is 13.8. The van der Waals surface area contributed by atoms with Crippen molar-refractivity contribution < 1.29 is 28.6 Å². The van der Waals surface area contributed by atoms with Crippen molar-refractivity contribution in [2.24, 2.45) is 29.1 Å². The Balaban J connectivity index is 1.64. The van der Waals surface area contributed by atoms with Gasteiger partial charge in [0.25, 0.3) is 0 Å². The zero-order valence-corrected chi connectivity index (χ0v) is 22.8. The minimum atomic E-state index is -1.21. The summed E-state index contributed by atoms with van der Waals surface area (Å²) in [6.45, 7) is 13.8. The number of ketones is 1. The Labute approximate surface area is 215 Å². The van der Waals surface area contributed by atoms with Crippen molar-refractivity contribution in [3.63, 3.8) is 0 Å². The minimum absolute atomic E-state index is 0.00288. The Morgan fingerprint density at radius 2 is 1.92 bits per heavy atom. The molecular weight excluding hydrogens is 456 g/mol. The molecule has 2 saturated carbocycles. The van der Waals surface area contributed by atoms with Crippen LogP contribution >= 0.6 is 0 Å². The van der Waals surface area contributed by atoms with Gasteiger partial charge in [0.1, 0.15) is 12.2 Å². The molecule has 36 heavy (non-hydrogen) atoms. The van der Waals surface area contributed by atoms with E-state index in [9.17, 15) is 14.4 Å². The summed E-state index contributed by atoms with van der Waals surface area (Å²) < 4.78 is 17.5. The highest BCUT2D eigenvalue weighted by Crippen LogP contribution is 2.62. The fourth-order valence-electron chi connectivity index (χ4n) is 6.68. The Hall–Kier alpha value is -2.21. The first-order chi connectivity index (χ1) is 16.9. The first-order valence-electron chi connectivity index (χ1n) is 13.5. The predicted octanol–water partition coefficient (Wildman–Crippen LogP) is 5.51. The fraction of sp³-hybridized carbons (Fsp3) is 0.700. The number of ether oxygens (including phenoxy) is 3. The lowest BCUT2D eigenvalue weighted by molar-refractivity contribution is -0.166. The maximum absolute atomic E-state index is 13.8. The number of epoxide rings is 1. The molecule has 4 aliphatic rings. The van der Waals surface area contributed by atoms with Gasteiger partial charge in [0, 0.05) is 18.9 Å². The summed E-state index contributed by atoms with van der Waals surface area (Å²) >= 11 is 0. The number of hydrogen-bond donors (Lipinski definition) is 0. The van der Waals surface area contributed by atoms with Gasteiger partial charge in [-0.3, -0.25) is 9.59 Å². The van der Waals surface area contributed by atoms with Crippen LogP contribution in [0.4, 0.5) is 0 Å². The molecule has 1 saturated heterocycles. The summed E-state index contributed by atoms with van der Waals surface area (Å²) in [6.07, 6.45) is 11.2. The molecular formula is C30H42O6. The molecule has 0 bridgehead atoms. The summed E-state index contributed by atoms with van der Waals surface area (Å²) in [4.78, 5) is 38.9. The van der Waals surface area contributed by atoms with Crippen LogP contribution in [0.2, 0.25) is 0 Å². The molecule has 0 aromatic heterocycles. The van der Waals surface area contributed by atoms with Crippen molar-refractivity contribution in [2.75, 3.05) is 0 Å². The highest BCUT2D eigenvalue weighted by atomic mass is 16.6. The van der Waals surface area contributed by atoms with Crippen LogP contribution in [0.5, 0.6) is 0 Å². The van der Waals surface area contributed by atoms with Gasteiger partial charge in [0.15, 0.2) is 5.60 Å². The third kappa shape index (κ3) is 5.25. The third-order valence-electron chi connectivity index (χ3n) is 8.86. The van der Waals surface area contributed by atoms with E-state index in [0.717, 1.165) is 24.8 Å². The smallest absolute Gasteiger partial charge is 0.331 e. The molecule has 0 amide bonds. The summed E-state index contributed by atoms with van der Waals surface area (Å²) in [6, 6.07) is 0. The third-order valence-corrected chi connectivity index (χ3v) is 8.86. The maximum Gasteiger partial charge on any atom is 0.331 e. The van der Waals surface area contributed by atoms with Crippen LogP contribution in [0.1, 0.15) is 80.6 Å². The van der Waals surface area contributed by atoms with E-state index < -0.39 is 17.7 Å². The number of Topliss-reactive ketones (excluding diaryl/α,β-unsaturated/α-hetero) is 1. The number of hydrogen-bond acceptors (Lipinski definition) is 6. The van der Waals surface area contributed by atoms with E-state index >= 15 is 0 Å². The zero-order valence-electron chi connectivity index (χ0n) is 22.8. The minimum Gasteiger partial charge on any atom is -0.455 e. The van der Waals surface area contributed by atoms with E-state index in [0.29, 0.717) is 18.4 Å². The Morgan fingerprint density at radius 3 is 2.58 bits per heavy atom. The average Bonchev–Trinajstić information content (AvgIpc) is 3.60. The number of carbonyl (C=O) groups excluding carboxylic acids is 3. The van der Waals surface area contributed by atoms with E-state index in [1.54, 1.807) is 6.08 Å². The van der Waals surface area contributed by atoms with E-state index in [1.807, 2.05) is 19.9 Å². The largest absolute Gasteiger partial charge is 0.455 e. The van der Waals surface area contributed by atoms with Crippen molar-refractivity contribution in [1.82, 2.24) is 0 Å². The van der Waals surface area contributed by atoms with Gasteiger partial charge in [-0.05, 0) is 79.9 Å². The van der Waals surface area contributed by atoms with Crippen molar-refractivity contribution in [3.8, 4) is 0 Å². The average molecular weight is 499 g/mol. The number of rotatable bonds is 6. The molecule has 6 nitrogen and oxygen atoms in total. The van der Waals surface area contributed by atoms with Gasteiger partial charge in [-0.2, -0.15) is 0 Å². The second-order valence-corrected chi connectivity index (χ2v) is 12.1. The molecule has 0 spiro atoms. The van der Waals surface area contributed by atoms with Gasteiger partial charge in [-0.25, -0.2) is 4.79 Å². The lowest BCUT2D eigenvalue weighted by atomic mass is 9.81. The number of allylic oxidation sites excluding steroid dienone is 1. The lowest BCUT2D eigenvalue weighted by Crippen LogP contribution is -2.46. The second-order valence-electron chi connectivity index (χ2n) is 12.1. The summed E-state index contributed by atoms with van der Waals surface area (Å²) in [7, 11) is 0. The summed E-state index contributed by atoms with van der Waals surface area (Å²) in [5.41, 5.74) is 0.352. The van der Waals surface area contributed by atoms with Crippen LogP contribution in [0.15, 0.2) is 35.5 Å². The Kier molecular flexibility index (Phi) is 7.40. The van der Waals surface area contributed by atoms with E-state index in [4.69, 9.17) is 14.2 Å². The van der Waals surface area contributed by atoms with Gasteiger partial charge in [0.2, 0.25) is 5.78 Å². The van der Waals surface area contributed by atoms with E-state index in [1.165, 1.54) is 13.0 Å². The molecule has 3 aliphatic carbocycles. The Morgan fingerprint density at radius 1 is 1.19 bits per heavy atom. The van der Waals surface area contributed by atoms with Gasteiger partial charge in [-0.15, -0.1) is 0 Å². The molecule has 8 atom stereocenters. The standard InChI is InChI=1S/C30H42O6/c1-8-9-24-25(34-24)10-11-27(32)35-26-15-23-22(29(23,6)7)14-19(4)28(33)30(36-20(5)31)16-17(2)12-21(30)13-18(26)3/h10-11,13-14,17,21-26H,8-9,12,15-16H2,1-7H3/b11-10+,18-13+,19-14+/t17-,21+,22+,23+,24+,25+,26-,30+/m0/s1. The summed E-state index contributed by atoms with van der Waals surface area (Å²) in [5.74, 6) is -0.474. The van der Waals surface area contributed by atoms with Crippen molar-refractivity contribution in [1.29, 1.82) is 0 Å². The normalized spacial score (nSPS) is 42.2. The van der Waals surface area contributed by atoms with Crippen LogP contribution < -0.4 is 0 Å². The van der Waals surface area contributed by atoms with Gasteiger partial charge in [-0.1, -0.05) is 46.3 Å².